The van der Waals surface area contributed by atoms with Gasteiger partial charge in [0, 0.05) is 25.4 Å². The number of nitrogens with one attached hydrogen (secondary N) is 1. The molecule has 2 aromatic carbocycles. The topological polar surface area (TPSA) is 60.0 Å². The highest BCUT2D eigenvalue weighted by Crippen LogP contribution is 2.34. The van der Waals surface area contributed by atoms with Crippen LogP contribution >= 0.6 is 11.8 Å². The van der Waals surface area contributed by atoms with Gasteiger partial charge >= 0.3 is 0 Å². The van der Waals surface area contributed by atoms with Gasteiger partial charge in [0.05, 0.1) is 37.9 Å². The van der Waals surface area contributed by atoms with E-state index in [0.717, 1.165) is 40.6 Å². The summed E-state index contributed by atoms with van der Waals surface area (Å²) in [5.74, 6) is 1.90. The summed E-state index contributed by atoms with van der Waals surface area (Å²) in [5, 5.41) is 3.13. The minimum Gasteiger partial charge on any atom is -0.497 e. The van der Waals surface area contributed by atoms with Crippen LogP contribution < -0.4 is 10.1 Å². The van der Waals surface area contributed by atoms with Gasteiger partial charge in [0.15, 0.2) is 5.76 Å². The summed E-state index contributed by atoms with van der Waals surface area (Å²) in [4.78, 5) is 16.4. The second-order valence-electron chi connectivity index (χ2n) is 7.37. The monoisotopic (exact) mass is 440 g/mol. The Morgan fingerprint density at radius 3 is 2.55 bits per heavy atom. The van der Waals surface area contributed by atoms with Crippen molar-refractivity contribution in [3.63, 3.8) is 0 Å². The van der Waals surface area contributed by atoms with E-state index in [1.807, 2.05) is 42.5 Å². The zero-order valence-electron chi connectivity index (χ0n) is 17.7. The smallest absolute Gasteiger partial charge is 0.287 e. The largest absolute Gasteiger partial charge is 0.497 e. The van der Waals surface area contributed by atoms with E-state index in [2.05, 4.69) is 22.3 Å². The van der Waals surface area contributed by atoms with Crippen LogP contribution in [0.4, 0.5) is 0 Å². The number of carbonyl (C=O) groups excluding carboxylic acids is 1. The van der Waals surface area contributed by atoms with Crippen LogP contribution in [-0.4, -0.2) is 63.1 Å². The number of morpholine rings is 1. The van der Waals surface area contributed by atoms with Crippen LogP contribution in [0.15, 0.2) is 60.4 Å². The zero-order valence-corrected chi connectivity index (χ0v) is 18.5. The molecule has 0 spiro atoms. The van der Waals surface area contributed by atoms with Gasteiger partial charge in [-0.2, -0.15) is 0 Å². The fourth-order valence-electron chi connectivity index (χ4n) is 3.83. The van der Waals surface area contributed by atoms with Gasteiger partial charge in [-0.05, 0) is 23.3 Å². The van der Waals surface area contributed by atoms with Crippen LogP contribution in [0.25, 0.3) is 4.91 Å². The van der Waals surface area contributed by atoms with Crippen molar-refractivity contribution in [1.82, 2.24) is 10.2 Å². The zero-order chi connectivity index (χ0) is 21.5. The molecule has 164 valence electrons. The summed E-state index contributed by atoms with van der Waals surface area (Å²) in [6.45, 7) is 4.08. The summed E-state index contributed by atoms with van der Waals surface area (Å²) in [5.41, 5.74) is 2.15. The Morgan fingerprint density at radius 1 is 1.10 bits per heavy atom. The molecule has 2 heterocycles. The lowest BCUT2D eigenvalue weighted by molar-refractivity contribution is -0.121. The molecule has 1 saturated heterocycles. The quantitative estimate of drug-likeness (QED) is 0.713. The van der Waals surface area contributed by atoms with Crippen molar-refractivity contribution in [2.45, 2.75) is 6.04 Å². The summed E-state index contributed by atoms with van der Waals surface area (Å²) in [6.07, 6.45) is 0. The highest BCUT2D eigenvalue weighted by molar-refractivity contribution is 8.08. The van der Waals surface area contributed by atoms with Crippen LogP contribution in [0.5, 0.6) is 5.75 Å². The van der Waals surface area contributed by atoms with Crippen LogP contribution in [0.3, 0.4) is 0 Å². The third-order valence-electron chi connectivity index (χ3n) is 5.47. The lowest BCUT2D eigenvalue weighted by atomic mass is 10.0. The number of rotatable bonds is 7. The molecular weight excluding hydrogens is 412 g/mol. The van der Waals surface area contributed by atoms with Gasteiger partial charge < -0.3 is 19.5 Å². The third-order valence-corrected chi connectivity index (χ3v) is 6.55. The first-order valence-corrected chi connectivity index (χ1v) is 11.5. The Labute approximate surface area is 187 Å². The molecule has 1 atom stereocenters. The SMILES string of the molecule is COc1ccc(C(CNC(=O)C2=C(c3ccccc3)SCCO2)N2CCOCC2)cc1. The van der Waals surface area contributed by atoms with Gasteiger partial charge in [-0.25, -0.2) is 0 Å². The van der Waals surface area contributed by atoms with Crippen molar-refractivity contribution in [3.05, 3.63) is 71.5 Å². The number of benzene rings is 2. The molecular formula is C24H28N2O4S. The molecule has 2 aliphatic rings. The molecule has 4 rings (SSSR count). The molecule has 1 amide bonds. The Kier molecular flexibility index (Phi) is 7.51. The minimum absolute atomic E-state index is 0.0516. The first kappa shape index (κ1) is 21.7. The number of hydrogen-bond donors (Lipinski definition) is 1. The predicted octanol–water partition coefficient (Wildman–Crippen LogP) is 3.32. The molecule has 31 heavy (non-hydrogen) atoms. The lowest BCUT2D eigenvalue weighted by Crippen LogP contribution is -2.44. The first-order chi connectivity index (χ1) is 15.3. The first-order valence-electron chi connectivity index (χ1n) is 10.6. The van der Waals surface area contributed by atoms with E-state index in [0.29, 0.717) is 32.1 Å². The number of hydrogen-bond acceptors (Lipinski definition) is 6. The molecule has 7 heteroatoms. The second-order valence-corrected chi connectivity index (χ2v) is 8.47. The standard InChI is InChI=1S/C24H28N2O4S/c1-28-20-9-7-18(8-10-20)21(26-11-13-29-14-12-26)17-25-24(27)22-23(31-16-15-30-22)19-5-3-2-4-6-19/h2-10,21H,11-17H2,1H3,(H,25,27). The number of nitrogens with zero attached hydrogens (tertiary/aromatic N) is 1. The molecule has 0 aromatic heterocycles. The molecule has 0 radical (unpaired) electrons. The Balaban J connectivity index is 1.52. The number of ether oxygens (including phenoxy) is 3. The minimum atomic E-state index is -0.169. The fourth-order valence-corrected chi connectivity index (χ4v) is 4.79. The maximum Gasteiger partial charge on any atom is 0.287 e. The molecule has 1 fully saturated rings. The molecule has 0 aliphatic carbocycles. The molecule has 1 unspecified atom stereocenters. The highest BCUT2D eigenvalue weighted by atomic mass is 32.2. The van der Waals surface area contributed by atoms with Gasteiger partial charge in [-0.15, -0.1) is 11.8 Å². The van der Waals surface area contributed by atoms with E-state index >= 15 is 0 Å². The van der Waals surface area contributed by atoms with Crippen LogP contribution in [0, 0.1) is 0 Å². The van der Waals surface area contributed by atoms with E-state index in [4.69, 9.17) is 14.2 Å². The number of carbonyl (C=O) groups is 1. The number of methoxy groups -OCH3 is 1. The molecule has 0 bridgehead atoms. The van der Waals surface area contributed by atoms with E-state index in [1.54, 1.807) is 18.9 Å². The second kappa shape index (κ2) is 10.7. The number of amides is 1. The van der Waals surface area contributed by atoms with Crippen molar-refractivity contribution in [2.75, 3.05) is 52.3 Å². The van der Waals surface area contributed by atoms with Crippen molar-refractivity contribution in [1.29, 1.82) is 0 Å². The summed E-state index contributed by atoms with van der Waals surface area (Å²) in [6, 6.07) is 18.0. The van der Waals surface area contributed by atoms with Gasteiger partial charge in [0.1, 0.15) is 5.75 Å². The molecule has 2 aliphatic heterocycles. The summed E-state index contributed by atoms with van der Waals surface area (Å²) >= 11 is 1.67. The third kappa shape index (κ3) is 5.42. The maximum absolute atomic E-state index is 13.1. The molecule has 6 nitrogen and oxygen atoms in total. The van der Waals surface area contributed by atoms with Crippen LogP contribution in [-0.2, 0) is 14.3 Å². The molecule has 1 N–H and O–H groups in total. The Bertz CT molecular complexity index is 896. The Morgan fingerprint density at radius 2 is 1.84 bits per heavy atom. The number of thioether (sulfide) groups is 1. The average molecular weight is 441 g/mol. The van der Waals surface area contributed by atoms with E-state index in [9.17, 15) is 4.79 Å². The molecule has 2 aromatic rings. The lowest BCUT2D eigenvalue weighted by Gasteiger charge is -2.35. The van der Waals surface area contributed by atoms with Gasteiger partial charge in [0.2, 0.25) is 0 Å². The highest BCUT2D eigenvalue weighted by Gasteiger charge is 2.26. The Hall–Kier alpha value is -2.48. The maximum atomic E-state index is 13.1. The van der Waals surface area contributed by atoms with E-state index in [1.165, 1.54) is 0 Å². The van der Waals surface area contributed by atoms with Crippen LogP contribution in [0.1, 0.15) is 17.2 Å². The van der Waals surface area contributed by atoms with E-state index < -0.39 is 0 Å². The molecule has 0 saturated carbocycles. The predicted molar refractivity (Wildman–Crippen MR) is 123 cm³/mol. The van der Waals surface area contributed by atoms with Crippen molar-refractivity contribution < 1.29 is 19.0 Å². The normalized spacial score (nSPS) is 18.2. The van der Waals surface area contributed by atoms with Crippen molar-refractivity contribution in [2.24, 2.45) is 0 Å². The van der Waals surface area contributed by atoms with Gasteiger partial charge in [-0.1, -0.05) is 42.5 Å². The summed E-state index contributed by atoms with van der Waals surface area (Å²) < 4.78 is 16.6. The fraction of sp³-hybridized carbons (Fsp3) is 0.375. The van der Waals surface area contributed by atoms with Crippen molar-refractivity contribution >= 4 is 22.6 Å². The van der Waals surface area contributed by atoms with Gasteiger partial charge in [-0.3, -0.25) is 9.69 Å². The van der Waals surface area contributed by atoms with Crippen molar-refractivity contribution in [3.8, 4) is 5.75 Å². The summed E-state index contributed by atoms with van der Waals surface area (Å²) in [7, 11) is 1.66. The van der Waals surface area contributed by atoms with E-state index in [-0.39, 0.29) is 11.9 Å². The average Bonchev–Trinajstić information content (AvgIpc) is 2.85. The van der Waals surface area contributed by atoms with Gasteiger partial charge in [0.25, 0.3) is 5.91 Å². The van der Waals surface area contributed by atoms with Crippen LogP contribution in [0.2, 0.25) is 0 Å².